The van der Waals surface area contributed by atoms with Crippen LogP contribution in [0.3, 0.4) is 0 Å². The molecule has 0 spiro atoms. The largest absolute Gasteiger partial charge is 0.495 e. The number of aromatic nitrogens is 2. The van der Waals surface area contributed by atoms with E-state index in [1.54, 1.807) is 13.3 Å². The summed E-state index contributed by atoms with van der Waals surface area (Å²) in [6.45, 7) is 0. The molecule has 1 fully saturated rings. The van der Waals surface area contributed by atoms with Crippen molar-refractivity contribution in [3.05, 3.63) is 108 Å². The molecular formula is C25H21ClN4OS. The van der Waals surface area contributed by atoms with E-state index in [0.717, 1.165) is 22.6 Å². The summed E-state index contributed by atoms with van der Waals surface area (Å²) in [6.07, 6.45) is 6.02. The summed E-state index contributed by atoms with van der Waals surface area (Å²) >= 11 is 12.2. The summed E-state index contributed by atoms with van der Waals surface area (Å²) in [5, 5.41) is 4.64. The zero-order chi connectivity index (χ0) is 22.1. The Bertz CT molecular complexity index is 1250. The second-order valence-corrected chi connectivity index (χ2v) is 8.30. The topological polar surface area (TPSA) is 42.3 Å². The van der Waals surface area contributed by atoms with Crippen molar-refractivity contribution < 1.29 is 4.74 Å². The number of benzene rings is 2. The highest BCUT2D eigenvalue weighted by Gasteiger charge is 2.41. The first kappa shape index (κ1) is 20.5. The summed E-state index contributed by atoms with van der Waals surface area (Å²) in [5.74, 6) is 0.626. The van der Waals surface area contributed by atoms with Gasteiger partial charge in [-0.2, -0.15) is 0 Å². The molecule has 4 aromatic rings. The van der Waals surface area contributed by atoms with Crippen LogP contribution in [0.4, 0.5) is 5.69 Å². The van der Waals surface area contributed by atoms with E-state index in [1.807, 2.05) is 54.6 Å². The van der Waals surface area contributed by atoms with Crippen LogP contribution < -0.4 is 15.0 Å². The zero-order valence-corrected chi connectivity index (χ0v) is 18.9. The third kappa shape index (κ3) is 3.72. The van der Waals surface area contributed by atoms with Crippen LogP contribution in [-0.4, -0.2) is 21.8 Å². The highest BCUT2D eigenvalue weighted by atomic mass is 35.5. The first-order valence-corrected chi connectivity index (χ1v) is 11.0. The van der Waals surface area contributed by atoms with Gasteiger partial charge in [0.25, 0.3) is 0 Å². The SMILES string of the molecule is COc1ccc(N2C(=S)NC(c3ccccn3)C2c2ccn(-c3ccccc3)c2)cc1Cl. The van der Waals surface area contributed by atoms with E-state index in [0.29, 0.717) is 15.9 Å². The summed E-state index contributed by atoms with van der Waals surface area (Å²) in [4.78, 5) is 6.71. The third-order valence-corrected chi connectivity index (χ3v) is 6.23. The number of rotatable bonds is 5. The number of para-hydroxylation sites is 1. The molecule has 0 bridgehead atoms. The van der Waals surface area contributed by atoms with Gasteiger partial charge in [0.1, 0.15) is 5.75 Å². The van der Waals surface area contributed by atoms with Crippen molar-refractivity contribution in [2.45, 2.75) is 12.1 Å². The minimum atomic E-state index is -0.115. The molecule has 3 heterocycles. The number of nitrogens with zero attached hydrogens (tertiary/aromatic N) is 3. The predicted molar refractivity (Wildman–Crippen MR) is 132 cm³/mol. The second-order valence-electron chi connectivity index (χ2n) is 7.50. The minimum absolute atomic E-state index is 0.105. The molecule has 5 nitrogen and oxygen atoms in total. The van der Waals surface area contributed by atoms with Gasteiger partial charge in [-0.15, -0.1) is 0 Å². The fourth-order valence-electron chi connectivity index (χ4n) is 4.13. The van der Waals surface area contributed by atoms with Gasteiger partial charge in [-0.3, -0.25) is 4.98 Å². The molecule has 1 saturated heterocycles. The van der Waals surface area contributed by atoms with Gasteiger partial charge >= 0.3 is 0 Å². The van der Waals surface area contributed by atoms with Crippen LogP contribution in [0.5, 0.6) is 5.75 Å². The van der Waals surface area contributed by atoms with Crippen molar-refractivity contribution in [3.8, 4) is 11.4 Å². The Kier molecular flexibility index (Phi) is 5.55. The van der Waals surface area contributed by atoms with Crippen LogP contribution in [0.2, 0.25) is 5.02 Å². The Morgan fingerprint density at radius 2 is 1.81 bits per heavy atom. The van der Waals surface area contributed by atoms with Crippen LogP contribution >= 0.6 is 23.8 Å². The molecule has 7 heteroatoms. The van der Waals surface area contributed by atoms with Crippen molar-refractivity contribution in [3.63, 3.8) is 0 Å². The molecule has 2 aromatic carbocycles. The number of ether oxygens (including phenoxy) is 1. The fraction of sp³-hybridized carbons (Fsp3) is 0.120. The Balaban J connectivity index is 1.60. The van der Waals surface area contributed by atoms with E-state index in [4.69, 9.17) is 28.6 Å². The number of hydrogen-bond acceptors (Lipinski definition) is 3. The van der Waals surface area contributed by atoms with Crippen LogP contribution in [0.15, 0.2) is 91.4 Å². The standard InChI is InChI=1S/C25H21ClN4OS/c1-31-22-11-10-19(15-20(22)26)30-24(23(28-25(30)32)21-9-5-6-13-27-21)17-12-14-29(16-17)18-7-3-2-4-8-18/h2-16,23-24H,1H3,(H,28,32). The summed E-state index contributed by atoms with van der Waals surface area (Å²) in [7, 11) is 1.61. The molecule has 160 valence electrons. The summed E-state index contributed by atoms with van der Waals surface area (Å²) in [5.41, 5.74) is 4.03. The molecule has 2 aromatic heterocycles. The molecular weight excluding hydrogens is 440 g/mol. The smallest absolute Gasteiger partial charge is 0.174 e. The summed E-state index contributed by atoms with van der Waals surface area (Å²) < 4.78 is 7.45. The van der Waals surface area contributed by atoms with Crippen molar-refractivity contribution in [2.75, 3.05) is 12.0 Å². The van der Waals surface area contributed by atoms with Gasteiger partial charge < -0.3 is 19.5 Å². The van der Waals surface area contributed by atoms with Crippen LogP contribution in [-0.2, 0) is 0 Å². The number of halogens is 1. The van der Waals surface area contributed by atoms with Crippen molar-refractivity contribution >= 4 is 34.6 Å². The van der Waals surface area contributed by atoms with E-state index >= 15 is 0 Å². The number of thiocarbonyl (C=S) groups is 1. The number of anilines is 1. The molecule has 2 unspecified atom stereocenters. The van der Waals surface area contributed by atoms with Crippen LogP contribution in [0, 0.1) is 0 Å². The number of hydrogen-bond donors (Lipinski definition) is 1. The van der Waals surface area contributed by atoms with E-state index in [-0.39, 0.29) is 12.1 Å². The Morgan fingerprint density at radius 1 is 1.00 bits per heavy atom. The van der Waals surface area contributed by atoms with Gasteiger partial charge in [0, 0.05) is 30.0 Å². The maximum absolute atomic E-state index is 6.46. The molecule has 2 atom stereocenters. The van der Waals surface area contributed by atoms with Crippen molar-refractivity contribution in [1.82, 2.24) is 14.9 Å². The first-order chi connectivity index (χ1) is 15.7. The van der Waals surface area contributed by atoms with Crippen molar-refractivity contribution in [2.24, 2.45) is 0 Å². The average molecular weight is 461 g/mol. The highest BCUT2D eigenvalue weighted by molar-refractivity contribution is 7.80. The molecule has 0 aliphatic carbocycles. The Morgan fingerprint density at radius 3 is 2.53 bits per heavy atom. The number of methoxy groups -OCH3 is 1. The van der Waals surface area contributed by atoms with E-state index in [9.17, 15) is 0 Å². The van der Waals surface area contributed by atoms with E-state index < -0.39 is 0 Å². The van der Waals surface area contributed by atoms with E-state index in [2.05, 4.69) is 50.4 Å². The fourth-order valence-corrected chi connectivity index (χ4v) is 4.72. The lowest BCUT2D eigenvalue weighted by Crippen LogP contribution is -2.29. The van der Waals surface area contributed by atoms with E-state index in [1.165, 1.54) is 0 Å². The molecule has 5 rings (SSSR count). The van der Waals surface area contributed by atoms with Gasteiger partial charge in [0.2, 0.25) is 0 Å². The van der Waals surface area contributed by atoms with Gasteiger partial charge in [0.15, 0.2) is 5.11 Å². The van der Waals surface area contributed by atoms with Gasteiger partial charge in [0.05, 0.1) is 29.9 Å². The lowest BCUT2D eigenvalue weighted by atomic mass is 9.98. The van der Waals surface area contributed by atoms with Crippen LogP contribution in [0.1, 0.15) is 23.3 Å². The molecule has 0 saturated carbocycles. The average Bonchev–Trinajstić information content (AvgIpc) is 3.45. The van der Waals surface area contributed by atoms with Gasteiger partial charge in [-0.25, -0.2) is 0 Å². The minimum Gasteiger partial charge on any atom is -0.495 e. The highest BCUT2D eigenvalue weighted by Crippen LogP contribution is 2.43. The number of nitrogens with one attached hydrogen (secondary N) is 1. The molecule has 0 amide bonds. The quantitative estimate of drug-likeness (QED) is 0.386. The van der Waals surface area contributed by atoms with Gasteiger partial charge in [-0.05, 0) is 66.3 Å². The zero-order valence-electron chi connectivity index (χ0n) is 17.4. The van der Waals surface area contributed by atoms with Gasteiger partial charge in [-0.1, -0.05) is 35.9 Å². The molecule has 1 N–H and O–H groups in total. The molecule has 32 heavy (non-hydrogen) atoms. The van der Waals surface area contributed by atoms with Crippen LogP contribution in [0.25, 0.3) is 5.69 Å². The first-order valence-electron chi connectivity index (χ1n) is 10.2. The molecule has 1 aliphatic heterocycles. The lowest BCUT2D eigenvalue weighted by molar-refractivity contribution is 0.415. The Labute approximate surface area is 197 Å². The summed E-state index contributed by atoms with van der Waals surface area (Å²) in [6, 6.07) is 23.8. The van der Waals surface area contributed by atoms with Crippen molar-refractivity contribution in [1.29, 1.82) is 0 Å². The molecule has 1 aliphatic rings. The lowest BCUT2D eigenvalue weighted by Gasteiger charge is -2.27. The molecule has 0 radical (unpaired) electrons. The Hall–Kier alpha value is -3.35. The number of pyridine rings is 1. The monoisotopic (exact) mass is 460 g/mol. The predicted octanol–water partition coefficient (Wildman–Crippen LogP) is 5.71. The third-order valence-electron chi connectivity index (χ3n) is 5.62. The normalized spacial score (nSPS) is 17.9. The maximum Gasteiger partial charge on any atom is 0.174 e. The maximum atomic E-state index is 6.46. The second kappa shape index (κ2) is 8.65.